The molecule has 138 valence electrons. The standard InChI is InChI=1S/C15H17F3N2O4S/c1-10(21)11-4-2-5-12(8-11)25(23,24)20-7-3-6-13(20)14(22)19-9-15(16,17)18/h2,4-5,8,13H,3,6-7,9H2,1H3,(H,19,22). The van der Waals surface area contributed by atoms with Gasteiger partial charge in [-0.15, -0.1) is 0 Å². The second-order valence-electron chi connectivity index (χ2n) is 5.69. The average molecular weight is 378 g/mol. The predicted molar refractivity (Wildman–Crippen MR) is 82.4 cm³/mol. The smallest absolute Gasteiger partial charge is 0.346 e. The number of Topliss-reactive ketones (excluding diaryl/α,β-unsaturated/α-hetero) is 1. The summed E-state index contributed by atoms with van der Waals surface area (Å²) in [6, 6.07) is 4.14. The second kappa shape index (κ2) is 7.12. The summed E-state index contributed by atoms with van der Waals surface area (Å²) in [5.74, 6) is -1.31. The summed E-state index contributed by atoms with van der Waals surface area (Å²) in [4.78, 5) is 23.2. The lowest BCUT2D eigenvalue weighted by molar-refractivity contribution is -0.140. The number of benzene rings is 1. The van der Waals surface area contributed by atoms with E-state index in [2.05, 4.69) is 0 Å². The number of ketones is 1. The number of carbonyl (C=O) groups is 2. The summed E-state index contributed by atoms with van der Waals surface area (Å²) >= 11 is 0. The van der Waals surface area contributed by atoms with E-state index in [1.54, 1.807) is 5.32 Å². The lowest BCUT2D eigenvalue weighted by atomic mass is 10.2. The van der Waals surface area contributed by atoms with Gasteiger partial charge in [0.1, 0.15) is 12.6 Å². The molecule has 1 aromatic carbocycles. The Balaban J connectivity index is 2.24. The number of rotatable bonds is 5. The van der Waals surface area contributed by atoms with Crippen LogP contribution >= 0.6 is 0 Å². The maximum absolute atomic E-state index is 12.7. The number of sulfonamides is 1. The van der Waals surface area contributed by atoms with E-state index >= 15 is 0 Å². The summed E-state index contributed by atoms with van der Waals surface area (Å²) < 4.78 is 63.1. The van der Waals surface area contributed by atoms with Crippen molar-refractivity contribution in [2.24, 2.45) is 0 Å². The van der Waals surface area contributed by atoms with Crippen LogP contribution in [0.25, 0.3) is 0 Å². The molecule has 1 unspecified atom stereocenters. The number of carbonyl (C=O) groups excluding carboxylic acids is 2. The molecule has 2 rings (SSSR count). The van der Waals surface area contributed by atoms with Gasteiger partial charge in [-0.2, -0.15) is 17.5 Å². The SMILES string of the molecule is CC(=O)c1cccc(S(=O)(=O)N2CCCC2C(=O)NCC(F)(F)F)c1. The number of nitrogens with one attached hydrogen (secondary N) is 1. The number of halogens is 3. The summed E-state index contributed by atoms with van der Waals surface area (Å²) in [5.41, 5.74) is 0.193. The third kappa shape index (κ3) is 4.57. The number of hydrogen-bond acceptors (Lipinski definition) is 4. The summed E-state index contributed by atoms with van der Waals surface area (Å²) in [7, 11) is -4.10. The number of alkyl halides is 3. The normalized spacial score (nSPS) is 19.0. The lowest BCUT2D eigenvalue weighted by Gasteiger charge is -2.23. The number of amides is 1. The summed E-state index contributed by atoms with van der Waals surface area (Å²) in [6.45, 7) is -0.207. The molecule has 1 fully saturated rings. The molecular weight excluding hydrogens is 361 g/mol. The van der Waals surface area contributed by atoms with Crippen molar-refractivity contribution in [2.45, 2.75) is 36.9 Å². The van der Waals surface area contributed by atoms with Crippen LogP contribution in [0, 0.1) is 0 Å². The van der Waals surface area contributed by atoms with Crippen LogP contribution in [-0.4, -0.2) is 49.7 Å². The molecule has 1 heterocycles. The van der Waals surface area contributed by atoms with E-state index in [-0.39, 0.29) is 29.2 Å². The summed E-state index contributed by atoms with van der Waals surface area (Å²) in [5, 5.41) is 1.72. The molecule has 6 nitrogen and oxygen atoms in total. The van der Waals surface area contributed by atoms with E-state index in [0.717, 1.165) is 4.31 Å². The minimum absolute atomic E-state index is 0.0245. The lowest BCUT2D eigenvalue weighted by Crippen LogP contribution is -2.47. The highest BCUT2D eigenvalue weighted by atomic mass is 32.2. The molecule has 0 aromatic heterocycles. The summed E-state index contributed by atoms with van der Waals surface area (Å²) in [6.07, 6.45) is -4.08. The van der Waals surface area contributed by atoms with Crippen molar-refractivity contribution in [1.82, 2.24) is 9.62 Å². The molecule has 0 bridgehead atoms. The fourth-order valence-corrected chi connectivity index (χ4v) is 4.31. The van der Waals surface area contributed by atoms with Gasteiger partial charge < -0.3 is 5.32 Å². The zero-order chi connectivity index (χ0) is 18.8. The maximum atomic E-state index is 12.7. The van der Waals surface area contributed by atoms with Crippen LogP contribution in [0.15, 0.2) is 29.2 Å². The Hall–Kier alpha value is -1.94. The number of nitrogens with zero attached hydrogens (tertiary/aromatic N) is 1. The van der Waals surface area contributed by atoms with Gasteiger partial charge in [-0.05, 0) is 31.9 Å². The number of hydrogen-bond donors (Lipinski definition) is 1. The van der Waals surface area contributed by atoms with E-state index < -0.39 is 34.7 Å². The van der Waals surface area contributed by atoms with Crippen LogP contribution in [0.4, 0.5) is 13.2 Å². The van der Waals surface area contributed by atoms with Crippen LogP contribution in [-0.2, 0) is 14.8 Å². The second-order valence-corrected chi connectivity index (χ2v) is 7.58. The molecule has 10 heteroatoms. The van der Waals surface area contributed by atoms with Gasteiger partial charge in [-0.3, -0.25) is 9.59 Å². The van der Waals surface area contributed by atoms with Gasteiger partial charge in [0.15, 0.2) is 5.78 Å². The van der Waals surface area contributed by atoms with E-state index in [1.165, 1.54) is 31.2 Å². The third-order valence-electron chi connectivity index (χ3n) is 3.82. The Bertz CT molecular complexity index is 777. The van der Waals surface area contributed by atoms with Crippen LogP contribution in [0.1, 0.15) is 30.1 Å². The zero-order valence-electron chi connectivity index (χ0n) is 13.3. The predicted octanol–water partition coefficient (Wildman–Crippen LogP) is 1.72. The van der Waals surface area contributed by atoms with Crippen molar-refractivity contribution < 1.29 is 31.2 Å². The molecule has 0 spiro atoms. The first-order valence-corrected chi connectivity index (χ1v) is 8.94. The van der Waals surface area contributed by atoms with Crippen molar-refractivity contribution in [3.8, 4) is 0 Å². The largest absolute Gasteiger partial charge is 0.405 e. The van der Waals surface area contributed by atoms with E-state index in [0.29, 0.717) is 6.42 Å². The molecule has 1 aromatic rings. The fourth-order valence-electron chi connectivity index (χ4n) is 2.61. The maximum Gasteiger partial charge on any atom is 0.405 e. The quantitative estimate of drug-likeness (QED) is 0.791. The van der Waals surface area contributed by atoms with Gasteiger partial charge >= 0.3 is 6.18 Å². The topological polar surface area (TPSA) is 83.6 Å². The fraction of sp³-hybridized carbons (Fsp3) is 0.467. The van der Waals surface area contributed by atoms with Crippen molar-refractivity contribution in [1.29, 1.82) is 0 Å². The monoisotopic (exact) mass is 378 g/mol. The van der Waals surface area contributed by atoms with Crippen LogP contribution in [0.5, 0.6) is 0 Å². The minimum Gasteiger partial charge on any atom is -0.346 e. The molecule has 1 N–H and O–H groups in total. The zero-order valence-corrected chi connectivity index (χ0v) is 14.2. The highest BCUT2D eigenvalue weighted by Gasteiger charge is 2.40. The first-order chi connectivity index (χ1) is 11.5. The van der Waals surface area contributed by atoms with Crippen molar-refractivity contribution >= 4 is 21.7 Å². The molecule has 1 amide bonds. The molecule has 1 saturated heterocycles. The van der Waals surface area contributed by atoms with Gasteiger partial charge in [0.05, 0.1) is 4.90 Å². The molecule has 1 aliphatic rings. The Morgan fingerprint density at radius 1 is 1.32 bits per heavy atom. The van der Waals surface area contributed by atoms with Crippen LogP contribution < -0.4 is 5.32 Å². The molecular formula is C15H17F3N2O4S. The minimum atomic E-state index is -4.58. The van der Waals surface area contributed by atoms with Crippen LogP contribution in [0.3, 0.4) is 0 Å². The Morgan fingerprint density at radius 3 is 2.60 bits per heavy atom. The molecule has 1 aliphatic heterocycles. The first kappa shape index (κ1) is 19.4. The highest BCUT2D eigenvalue weighted by molar-refractivity contribution is 7.89. The average Bonchev–Trinajstić information content (AvgIpc) is 3.02. The van der Waals surface area contributed by atoms with Gasteiger partial charge in [0.25, 0.3) is 0 Å². The molecule has 0 saturated carbocycles. The molecule has 0 radical (unpaired) electrons. The molecule has 1 atom stereocenters. The van der Waals surface area contributed by atoms with Gasteiger partial charge in [0.2, 0.25) is 15.9 Å². The van der Waals surface area contributed by atoms with Gasteiger partial charge in [0, 0.05) is 12.1 Å². The van der Waals surface area contributed by atoms with Gasteiger partial charge in [-0.1, -0.05) is 12.1 Å². The first-order valence-electron chi connectivity index (χ1n) is 7.50. The molecule has 0 aliphatic carbocycles. The Morgan fingerprint density at radius 2 is 2.00 bits per heavy atom. The highest BCUT2D eigenvalue weighted by Crippen LogP contribution is 2.27. The van der Waals surface area contributed by atoms with Gasteiger partial charge in [-0.25, -0.2) is 8.42 Å². The van der Waals surface area contributed by atoms with Crippen molar-refractivity contribution in [2.75, 3.05) is 13.1 Å². The van der Waals surface area contributed by atoms with Crippen LogP contribution in [0.2, 0.25) is 0 Å². The van der Waals surface area contributed by atoms with E-state index in [4.69, 9.17) is 0 Å². The Kier molecular flexibility index (Phi) is 5.52. The Labute approximate surface area is 143 Å². The van der Waals surface area contributed by atoms with E-state index in [1.807, 2.05) is 0 Å². The molecule has 25 heavy (non-hydrogen) atoms. The van der Waals surface area contributed by atoms with Crippen molar-refractivity contribution in [3.63, 3.8) is 0 Å². The van der Waals surface area contributed by atoms with E-state index in [9.17, 15) is 31.2 Å². The third-order valence-corrected chi connectivity index (χ3v) is 5.72. The van der Waals surface area contributed by atoms with Crippen molar-refractivity contribution in [3.05, 3.63) is 29.8 Å².